The number of likely N-dealkylation sites (N-methyl/N-ethyl adjacent to an activating group) is 1. The highest BCUT2D eigenvalue weighted by atomic mass is 35.5. The van der Waals surface area contributed by atoms with Crippen molar-refractivity contribution < 1.29 is 14.6 Å². The molecule has 25 heavy (non-hydrogen) atoms. The van der Waals surface area contributed by atoms with Crippen LogP contribution in [0, 0.1) is 5.41 Å². The number of halogens is 1. The summed E-state index contributed by atoms with van der Waals surface area (Å²) in [5.41, 5.74) is 1.10. The van der Waals surface area contributed by atoms with Crippen LogP contribution in [0.2, 0.25) is 5.02 Å². The van der Waals surface area contributed by atoms with E-state index in [1.165, 1.54) is 6.42 Å². The van der Waals surface area contributed by atoms with Gasteiger partial charge in [0.15, 0.2) is 11.5 Å². The number of benzene rings is 1. The molecule has 0 bridgehead atoms. The first-order valence-electron chi connectivity index (χ1n) is 8.97. The zero-order valence-electron chi connectivity index (χ0n) is 15.4. The zero-order valence-corrected chi connectivity index (χ0v) is 16.2. The summed E-state index contributed by atoms with van der Waals surface area (Å²) in [6.45, 7) is 4.09. The highest BCUT2D eigenvalue weighted by Crippen LogP contribution is 2.42. The van der Waals surface area contributed by atoms with Crippen molar-refractivity contribution in [1.29, 1.82) is 0 Å². The van der Waals surface area contributed by atoms with Crippen molar-refractivity contribution in [1.82, 2.24) is 9.80 Å². The first-order chi connectivity index (χ1) is 12.0. The summed E-state index contributed by atoms with van der Waals surface area (Å²) in [6.07, 6.45) is 3.33. The first kappa shape index (κ1) is 18.8. The standard InChI is InChI=1S/C19H29ClN2O3/c1-21-7-4-5-19(13-23)6-8-22(12-17(19)21)11-14-9-15(20)10-16(24-2)18(14)25-3/h9-10,17,23H,4-8,11-13H2,1-3H3/t17-,19-/m1/s1. The van der Waals surface area contributed by atoms with Gasteiger partial charge < -0.3 is 19.5 Å². The Bertz CT molecular complexity index is 613. The van der Waals surface area contributed by atoms with Gasteiger partial charge in [-0.15, -0.1) is 0 Å². The number of hydrogen-bond acceptors (Lipinski definition) is 5. The van der Waals surface area contributed by atoms with E-state index in [0.717, 1.165) is 50.3 Å². The number of fused-ring (bicyclic) bond motifs is 1. The van der Waals surface area contributed by atoms with Crippen molar-refractivity contribution in [2.24, 2.45) is 5.41 Å². The molecule has 2 aliphatic heterocycles. The van der Waals surface area contributed by atoms with Crippen LogP contribution in [0.15, 0.2) is 12.1 Å². The second kappa shape index (κ2) is 7.70. The second-order valence-corrected chi connectivity index (χ2v) is 7.84. The Morgan fingerprint density at radius 2 is 2.04 bits per heavy atom. The number of methoxy groups -OCH3 is 2. The summed E-state index contributed by atoms with van der Waals surface area (Å²) in [4.78, 5) is 4.86. The zero-order chi connectivity index (χ0) is 18.0. The van der Waals surface area contributed by atoms with Crippen molar-refractivity contribution in [2.75, 3.05) is 47.5 Å². The Labute approximate surface area is 155 Å². The summed E-state index contributed by atoms with van der Waals surface area (Å²) in [5, 5.41) is 10.7. The fraction of sp³-hybridized carbons (Fsp3) is 0.684. The lowest BCUT2D eigenvalue weighted by Crippen LogP contribution is -2.61. The van der Waals surface area contributed by atoms with Crippen molar-refractivity contribution in [2.45, 2.75) is 31.8 Å². The summed E-state index contributed by atoms with van der Waals surface area (Å²) in [7, 11) is 5.48. The smallest absolute Gasteiger partial charge is 0.165 e. The summed E-state index contributed by atoms with van der Waals surface area (Å²) in [5.74, 6) is 1.42. The van der Waals surface area contributed by atoms with Gasteiger partial charge in [0.25, 0.3) is 0 Å². The van der Waals surface area contributed by atoms with E-state index in [1.54, 1.807) is 20.3 Å². The van der Waals surface area contributed by atoms with E-state index < -0.39 is 0 Å². The minimum absolute atomic E-state index is 0.0552. The number of ether oxygens (including phenoxy) is 2. The fourth-order valence-electron chi connectivity index (χ4n) is 4.58. The van der Waals surface area contributed by atoms with E-state index in [2.05, 4.69) is 16.8 Å². The molecule has 0 unspecified atom stereocenters. The topological polar surface area (TPSA) is 45.2 Å². The molecular weight excluding hydrogens is 340 g/mol. The van der Waals surface area contributed by atoms with E-state index in [4.69, 9.17) is 21.1 Å². The lowest BCUT2D eigenvalue weighted by molar-refractivity contribution is -0.0685. The lowest BCUT2D eigenvalue weighted by atomic mass is 9.69. The largest absolute Gasteiger partial charge is 0.493 e. The van der Waals surface area contributed by atoms with Crippen LogP contribution in [0.1, 0.15) is 24.8 Å². The Balaban J connectivity index is 1.80. The van der Waals surface area contributed by atoms with Gasteiger partial charge in [-0.3, -0.25) is 4.90 Å². The van der Waals surface area contributed by atoms with Gasteiger partial charge in [0.1, 0.15) is 0 Å². The number of rotatable bonds is 5. The average Bonchev–Trinajstić information content (AvgIpc) is 2.62. The van der Waals surface area contributed by atoms with Crippen LogP contribution < -0.4 is 9.47 Å². The normalized spacial score (nSPS) is 27.8. The Kier molecular flexibility index (Phi) is 5.78. The molecule has 0 aliphatic carbocycles. The SMILES string of the molecule is COc1cc(Cl)cc(CN2CC[C@@]3(CO)CCCN(C)[C@@H]3C2)c1OC. The molecule has 6 heteroatoms. The van der Waals surface area contributed by atoms with Gasteiger partial charge in [0, 0.05) is 41.2 Å². The molecule has 2 heterocycles. The molecule has 0 saturated carbocycles. The van der Waals surface area contributed by atoms with Gasteiger partial charge in [-0.05, 0) is 45.5 Å². The third kappa shape index (κ3) is 3.61. The van der Waals surface area contributed by atoms with Gasteiger partial charge >= 0.3 is 0 Å². The minimum Gasteiger partial charge on any atom is -0.493 e. The third-order valence-electron chi connectivity index (χ3n) is 6.01. The van der Waals surface area contributed by atoms with Crippen LogP contribution in [0.4, 0.5) is 0 Å². The lowest BCUT2D eigenvalue weighted by Gasteiger charge is -2.53. The number of nitrogens with zero attached hydrogens (tertiary/aromatic N) is 2. The first-order valence-corrected chi connectivity index (χ1v) is 9.34. The van der Waals surface area contributed by atoms with Gasteiger partial charge in [-0.1, -0.05) is 11.6 Å². The van der Waals surface area contributed by atoms with Gasteiger partial charge in [-0.25, -0.2) is 0 Å². The number of piperidine rings is 2. The monoisotopic (exact) mass is 368 g/mol. The quantitative estimate of drug-likeness (QED) is 0.865. The predicted molar refractivity (Wildman–Crippen MR) is 99.6 cm³/mol. The molecule has 0 aromatic heterocycles. The van der Waals surface area contributed by atoms with E-state index in [-0.39, 0.29) is 12.0 Å². The molecule has 3 rings (SSSR count). The highest BCUT2D eigenvalue weighted by molar-refractivity contribution is 6.30. The minimum atomic E-state index is 0.0552. The number of aliphatic hydroxyl groups excluding tert-OH is 1. The molecule has 0 radical (unpaired) electrons. The van der Waals surface area contributed by atoms with E-state index in [0.29, 0.717) is 16.8 Å². The van der Waals surface area contributed by atoms with Crippen molar-refractivity contribution in [3.8, 4) is 11.5 Å². The molecule has 0 amide bonds. The number of aliphatic hydroxyl groups is 1. The average molecular weight is 369 g/mol. The molecule has 2 saturated heterocycles. The summed E-state index contributed by atoms with van der Waals surface area (Å²) in [6, 6.07) is 4.14. The summed E-state index contributed by atoms with van der Waals surface area (Å²) < 4.78 is 11.0. The van der Waals surface area contributed by atoms with Gasteiger partial charge in [0.2, 0.25) is 0 Å². The highest BCUT2D eigenvalue weighted by Gasteiger charge is 2.46. The second-order valence-electron chi connectivity index (χ2n) is 7.41. The van der Waals surface area contributed by atoms with Crippen molar-refractivity contribution >= 4 is 11.6 Å². The van der Waals surface area contributed by atoms with Crippen LogP contribution in [0.5, 0.6) is 11.5 Å². The van der Waals surface area contributed by atoms with Crippen LogP contribution in [0.3, 0.4) is 0 Å². The van der Waals surface area contributed by atoms with Gasteiger partial charge in [0.05, 0.1) is 20.8 Å². The van der Waals surface area contributed by atoms with Crippen LogP contribution >= 0.6 is 11.6 Å². The maximum Gasteiger partial charge on any atom is 0.165 e. The third-order valence-corrected chi connectivity index (χ3v) is 6.23. The Morgan fingerprint density at radius 3 is 2.72 bits per heavy atom. The van der Waals surface area contributed by atoms with Crippen molar-refractivity contribution in [3.63, 3.8) is 0 Å². The molecule has 5 nitrogen and oxygen atoms in total. The molecule has 2 atom stereocenters. The molecule has 2 fully saturated rings. The fourth-order valence-corrected chi connectivity index (χ4v) is 4.81. The van der Waals surface area contributed by atoms with Crippen LogP contribution in [0.25, 0.3) is 0 Å². The molecular formula is C19H29ClN2O3. The molecule has 1 aromatic carbocycles. The van der Waals surface area contributed by atoms with E-state index in [9.17, 15) is 5.11 Å². The maximum atomic E-state index is 10.1. The van der Waals surface area contributed by atoms with Crippen molar-refractivity contribution in [3.05, 3.63) is 22.7 Å². The van der Waals surface area contributed by atoms with E-state index >= 15 is 0 Å². The van der Waals surface area contributed by atoms with E-state index in [1.807, 2.05) is 6.07 Å². The Hall–Kier alpha value is -1.01. The molecule has 1 N–H and O–H groups in total. The predicted octanol–water partition coefficient (Wildman–Crippen LogP) is 2.64. The molecule has 140 valence electrons. The van der Waals surface area contributed by atoms with Gasteiger partial charge in [-0.2, -0.15) is 0 Å². The number of likely N-dealkylation sites (tertiary alicyclic amines) is 2. The Morgan fingerprint density at radius 1 is 1.24 bits per heavy atom. The number of hydrogen-bond donors (Lipinski definition) is 1. The van der Waals surface area contributed by atoms with Crippen LogP contribution in [-0.2, 0) is 6.54 Å². The van der Waals surface area contributed by atoms with Crippen LogP contribution in [-0.4, -0.2) is 68.5 Å². The molecule has 2 aliphatic rings. The summed E-state index contributed by atoms with van der Waals surface area (Å²) >= 11 is 6.26. The maximum absolute atomic E-state index is 10.1. The molecule has 1 aromatic rings. The molecule has 0 spiro atoms.